The summed E-state index contributed by atoms with van der Waals surface area (Å²) in [6, 6.07) is 3.64. The van der Waals surface area contributed by atoms with Crippen molar-refractivity contribution in [1.82, 2.24) is 14.3 Å². The first kappa shape index (κ1) is 8.12. The normalized spacial score (nSPS) is 10.2. The Bertz CT molecular complexity index is 460. The van der Waals surface area contributed by atoms with Crippen LogP contribution in [0.4, 0.5) is 0 Å². The molecule has 0 amide bonds. The minimum absolute atomic E-state index is 0.331. The van der Waals surface area contributed by atoms with Gasteiger partial charge in [-0.15, -0.1) is 0 Å². The standard InChI is InChI=1S/C8H7N3OS/c1-5-4-7(10-8(12)9-5)6-2-3-13-11-6/h2-4H,1H3,(H,9,10,12). The van der Waals surface area contributed by atoms with E-state index in [-0.39, 0.29) is 5.69 Å². The average Bonchev–Trinajstić information content (AvgIpc) is 2.53. The number of H-pyrrole nitrogens is 1. The van der Waals surface area contributed by atoms with Crippen molar-refractivity contribution in [3.05, 3.63) is 33.7 Å². The number of nitrogens with zero attached hydrogens (tertiary/aromatic N) is 2. The van der Waals surface area contributed by atoms with Crippen LogP contribution in [0.3, 0.4) is 0 Å². The van der Waals surface area contributed by atoms with Crippen molar-refractivity contribution in [3.8, 4) is 11.4 Å². The summed E-state index contributed by atoms with van der Waals surface area (Å²) in [5.41, 5.74) is 1.84. The van der Waals surface area contributed by atoms with Crippen LogP contribution in [-0.4, -0.2) is 14.3 Å². The molecule has 0 aromatic carbocycles. The molecule has 2 aromatic heterocycles. The molecule has 0 saturated heterocycles. The summed E-state index contributed by atoms with van der Waals surface area (Å²) in [5, 5.41) is 1.85. The number of hydrogen-bond donors (Lipinski definition) is 1. The fourth-order valence-corrected chi connectivity index (χ4v) is 1.57. The molecule has 0 atom stereocenters. The van der Waals surface area contributed by atoms with Crippen LogP contribution in [0.2, 0.25) is 0 Å². The van der Waals surface area contributed by atoms with E-state index in [1.165, 1.54) is 11.5 Å². The topological polar surface area (TPSA) is 58.6 Å². The van der Waals surface area contributed by atoms with Gasteiger partial charge in [-0.25, -0.2) is 4.79 Å². The molecule has 0 aliphatic heterocycles. The predicted octanol–water partition coefficient (Wildman–Crippen LogP) is 1.20. The number of hydrogen-bond acceptors (Lipinski definition) is 4. The highest BCUT2D eigenvalue weighted by Crippen LogP contribution is 2.14. The highest BCUT2D eigenvalue weighted by Gasteiger charge is 2.02. The van der Waals surface area contributed by atoms with Crippen LogP contribution in [0.1, 0.15) is 5.69 Å². The second-order valence-corrected chi connectivity index (χ2v) is 3.30. The van der Waals surface area contributed by atoms with Crippen LogP contribution in [0, 0.1) is 6.92 Å². The lowest BCUT2D eigenvalue weighted by Crippen LogP contribution is -2.11. The van der Waals surface area contributed by atoms with E-state index in [1.54, 1.807) is 6.07 Å². The van der Waals surface area contributed by atoms with Gasteiger partial charge >= 0.3 is 5.69 Å². The maximum Gasteiger partial charge on any atom is 0.345 e. The number of aromatic amines is 1. The van der Waals surface area contributed by atoms with Crippen molar-refractivity contribution in [3.63, 3.8) is 0 Å². The number of aryl methyl sites for hydroxylation is 1. The van der Waals surface area contributed by atoms with E-state index in [2.05, 4.69) is 14.3 Å². The summed E-state index contributed by atoms with van der Waals surface area (Å²) < 4.78 is 4.10. The van der Waals surface area contributed by atoms with Crippen molar-refractivity contribution >= 4 is 11.5 Å². The van der Waals surface area contributed by atoms with Gasteiger partial charge in [0.05, 0.1) is 5.69 Å². The highest BCUT2D eigenvalue weighted by molar-refractivity contribution is 7.03. The van der Waals surface area contributed by atoms with Gasteiger partial charge in [0.2, 0.25) is 0 Å². The number of rotatable bonds is 1. The summed E-state index contributed by atoms with van der Waals surface area (Å²) >= 11 is 1.34. The third-order valence-electron chi connectivity index (χ3n) is 1.58. The summed E-state index contributed by atoms with van der Waals surface area (Å²) in [6.45, 7) is 1.82. The Balaban J connectivity index is 2.59. The number of aromatic nitrogens is 3. The monoisotopic (exact) mass is 193 g/mol. The van der Waals surface area contributed by atoms with Gasteiger partial charge in [-0.2, -0.15) is 9.36 Å². The van der Waals surface area contributed by atoms with E-state index in [1.807, 2.05) is 18.4 Å². The first-order valence-electron chi connectivity index (χ1n) is 3.74. The third-order valence-corrected chi connectivity index (χ3v) is 2.14. The van der Waals surface area contributed by atoms with Gasteiger partial charge in [0, 0.05) is 11.1 Å². The largest absolute Gasteiger partial charge is 0.345 e. The zero-order chi connectivity index (χ0) is 9.26. The van der Waals surface area contributed by atoms with Gasteiger partial charge in [-0.05, 0) is 30.6 Å². The molecule has 66 valence electrons. The van der Waals surface area contributed by atoms with Crippen molar-refractivity contribution in [2.45, 2.75) is 6.92 Å². The van der Waals surface area contributed by atoms with Gasteiger partial charge in [0.1, 0.15) is 5.69 Å². The molecule has 0 fully saturated rings. The molecular formula is C8H7N3OS. The van der Waals surface area contributed by atoms with Gasteiger partial charge in [-0.3, -0.25) is 0 Å². The SMILES string of the molecule is Cc1cc(-c2ccsn2)nc(=O)[nH]1. The minimum atomic E-state index is -0.331. The molecule has 0 spiro atoms. The average molecular weight is 193 g/mol. The fourth-order valence-electron chi connectivity index (χ4n) is 1.06. The lowest BCUT2D eigenvalue weighted by atomic mass is 10.3. The molecule has 5 heteroatoms. The Morgan fingerprint density at radius 3 is 2.92 bits per heavy atom. The van der Waals surface area contributed by atoms with Crippen molar-refractivity contribution in [2.24, 2.45) is 0 Å². The fraction of sp³-hybridized carbons (Fsp3) is 0.125. The maximum absolute atomic E-state index is 11.0. The molecule has 4 nitrogen and oxygen atoms in total. The Morgan fingerprint density at radius 1 is 1.46 bits per heavy atom. The summed E-state index contributed by atoms with van der Waals surface area (Å²) in [7, 11) is 0. The van der Waals surface area contributed by atoms with Gasteiger partial charge in [0.15, 0.2) is 0 Å². The van der Waals surface area contributed by atoms with Gasteiger partial charge < -0.3 is 4.98 Å². The Labute approximate surface area is 78.5 Å². The molecule has 0 saturated carbocycles. The summed E-state index contributed by atoms with van der Waals surface area (Å²) in [6.07, 6.45) is 0. The molecule has 2 heterocycles. The van der Waals surface area contributed by atoms with E-state index in [9.17, 15) is 4.79 Å². The van der Waals surface area contributed by atoms with Crippen LogP contribution >= 0.6 is 11.5 Å². The highest BCUT2D eigenvalue weighted by atomic mass is 32.1. The molecule has 0 aliphatic rings. The first-order valence-corrected chi connectivity index (χ1v) is 4.58. The first-order chi connectivity index (χ1) is 6.25. The van der Waals surface area contributed by atoms with Crippen molar-refractivity contribution in [2.75, 3.05) is 0 Å². The molecule has 0 aliphatic carbocycles. The zero-order valence-corrected chi connectivity index (χ0v) is 7.76. The third kappa shape index (κ3) is 1.65. The molecule has 13 heavy (non-hydrogen) atoms. The Hall–Kier alpha value is -1.49. The molecule has 0 bridgehead atoms. The van der Waals surface area contributed by atoms with E-state index < -0.39 is 0 Å². The maximum atomic E-state index is 11.0. The summed E-state index contributed by atoms with van der Waals surface area (Å²) in [4.78, 5) is 17.4. The van der Waals surface area contributed by atoms with Crippen LogP contribution < -0.4 is 5.69 Å². The van der Waals surface area contributed by atoms with Gasteiger partial charge in [0.25, 0.3) is 0 Å². The lowest BCUT2D eigenvalue weighted by Gasteiger charge is -1.95. The molecule has 2 aromatic rings. The predicted molar refractivity (Wildman–Crippen MR) is 50.7 cm³/mol. The number of nitrogens with one attached hydrogen (secondary N) is 1. The zero-order valence-electron chi connectivity index (χ0n) is 6.94. The quantitative estimate of drug-likeness (QED) is 0.740. The van der Waals surface area contributed by atoms with Crippen molar-refractivity contribution < 1.29 is 0 Å². The van der Waals surface area contributed by atoms with E-state index in [0.717, 1.165) is 11.4 Å². The van der Waals surface area contributed by atoms with E-state index >= 15 is 0 Å². The van der Waals surface area contributed by atoms with E-state index in [4.69, 9.17) is 0 Å². The molecule has 0 radical (unpaired) electrons. The second kappa shape index (κ2) is 3.10. The molecule has 0 unspecified atom stereocenters. The molecule has 1 N–H and O–H groups in total. The van der Waals surface area contributed by atoms with Crippen LogP contribution in [0.25, 0.3) is 11.4 Å². The molecule has 2 rings (SSSR count). The van der Waals surface area contributed by atoms with Gasteiger partial charge in [-0.1, -0.05) is 0 Å². The second-order valence-electron chi connectivity index (χ2n) is 2.64. The van der Waals surface area contributed by atoms with Crippen LogP contribution in [-0.2, 0) is 0 Å². The lowest BCUT2D eigenvalue weighted by molar-refractivity contribution is 1.03. The van der Waals surface area contributed by atoms with Crippen molar-refractivity contribution in [1.29, 1.82) is 0 Å². The summed E-state index contributed by atoms with van der Waals surface area (Å²) in [5.74, 6) is 0. The Morgan fingerprint density at radius 2 is 2.31 bits per heavy atom. The Kier molecular flexibility index (Phi) is 1.94. The minimum Gasteiger partial charge on any atom is -0.310 e. The van der Waals surface area contributed by atoms with Crippen LogP contribution in [0.5, 0.6) is 0 Å². The van der Waals surface area contributed by atoms with Crippen LogP contribution in [0.15, 0.2) is 22.3 Å². The molecular weight excluding hydrogens is 186 g/mol. The van der Waals surface area contributed by atoms with E-state index in [0.29, 0.717) is 5.69 Å². The smallest absolute Gasteiger partial charge is 0.310 e.